The van der Waals surface area contributed by atoms with Gasteiger partial charge < -0.3 is 5.32 Å². The zero-order valence-electron chi connectivity index (χ0n) is 11.9. The van der Waals surface area contributed by atoms with Gasteiger partial charge in [0.2, 0.25) is 0 Å². The minimum Gasteiger partial charge on any atom is -0.311 e. The van der Waals surface area contributed by atoms with Crippen LogP contribution in [0.5, 0.6) is 0 Å². The van der Waals surface area contributed by atoms with Gasteiger partial charge in [-0.15, -0.1) is 0 Å². The maximum atomic E-state index is 3.95. The van der Waals surface area contributed by atoms with Gasteiger partial charge in [0, 0.05) is 12.1 Å². The predicted molar refractivity (Wildman–Crippen MR) is 75.2 cm³/mol. The quantitative estimate of drug-likeness (QED) is 0.712. The first kappa shape index (κ1) is 13.4. The average molecular weight is 237 g/mol. The Balaban J connectivity index is 1.76. The fraction of sp³-hybridized carbons (Fsp3) is 1.00. The van der Waals surface area contributed by atoms with Gasteiger partial charge in [0.15, 0.2) is 0 Å². The van der Waals surface area contributed by atoms with Crippen molar-refractivity contribution >= 4 is 0 Å². The molecule has 3 atom stereocenters. The first-order chi connectivity index (χ1) is 8.25. The van der Waals surface area contributed by atoms with Crippen LogP contribution in [0, 0.1) is 11.8 Å². The maximum absolute atomic E-state index is 3.95. The highest BCUT2D eigenvalue weighted by Gasteiger charge is 2.24. The van der Waals surface area contributed by atoms with E-state index in [0.717, 1.165) is 23.9 Å². The Kier molecular flexibility index (Phi) is 5.34. The molecule has 0 aliphatic heterocycles. The maximum Gasteiger partial charge on any atom is 0.00721 e. The second-order valence-electron chi connectivity index (χ2n) is 6.68. The summed E-state index contributed by atoms with van der Waals surface area (Å²) in [6.07, 6.45) is 14.6. The van der Waals surface area contributed by atoms with Gasteiger partial charge in [0.25, 0.3) is 0 Å². The van der Waals surface area contributed by atoms with E-state index in [4.69, 9.17) is 0 Å². The lowest BCUT2D eigenvalue weighted by Crippen LogP contribution is -2.43. The molecule has 100 valence electrons. The molecule has 2 rings (SSSR count). The fourth-order valence-corrected chi connectivity index (χ4v) is 3.90. The summed E-state index contributed by atoms with van der Waals surface area (Å²) in [6.45, 7) is 4.86. The summed E-state index contributed by atoms with van der Waals surface area (Å²) >= 11 is 0. The van der Waals surface area contributed by atoms with E-state index in [9.17, 15) is 0 Å². The predicted octanol–water partition coefficient (Wildman–Crippen LogP) is 4.51. The van der Waals surface area contributed by atoms with Gasteiger partial charge in [-0.1, -0.05) is 45.4 Å². The zero-order chi connectivity index (χ0) is 12.1. The van der Waals surface area contributed by atoms with E-state index >= 15 is 0 Å². The van der Waals surface area contributed by atoms with Crippen molar-refractivity contribution in [2.75, 3.05) is 0 Å². The van der Waals surface area contributed by atoms with Gasteiger partial charge in [-0.2, -0.15) is 0 Å². The summed E-state index contributed by atoms with van der Waals surface area (Å²) in [5.74, 6) is 1.90. The van der Waals surface area contributed by atoms with Crippen molar-refractivity contribution in [2.45, 2.75) is 90.1 Å². The van der Waals surface area contributed by atoms with Crippen LogP contribution < -0.4 is 5.32 Å². The lowest BCUT2D eigenvalue weighted by molar-refractivity contribution is 0.244. The molecule has 0 radical (unpaired) electrons. The molecular formula is C16H31N. The molecule has 0 amide bonds. The number of nitrogens with one attached hydrogen (secondary N) is 1. The molecule has 2 aliphatic rings. The van der Waals surface area contributed by atoms with Crippen LogP contribution in [0.3, 0.4) is 0 Å². The Hall–Kier alpha value is -0.0400. The third-order valence-electron chi connectivity index (χ3n) is 5.04. The van der Waals surface area contributed by atoms with Gasteiger partial charge in [0.05, 0.1) is 0 Å². The van der Waals surface area contributed by atoms with Crippen LogP contribution in [-0.2, 0) is 0 Å². The van der Waals surface area contributed by atoms with Gasteiger partial charge in [-0.3, -0.25) is 0 Å². The van der Waals surface area contributed by atoms with Crippen molar-refractivity contribution in [3.05, 3.63) is 0 Å². The van der Waals surface area contributed by atoms with Crippen LogP contribution in [0.1, 0.15) is 78.1 Å². The smallest absolute Gasteiger partial charge is 0.00721 e. The standard InChI is InChI=1S/C16H31N/c1-13-8-7-11-16(12-13)17-14(2)15-9-5-3-4-6-10-15/h13-17H,3-12H2,1-2H3/t13?,14-,16?/m0/s1. The lowest BCUT2D eigenvalue weighted by Gasteiger charge is -2.33. The van der Waals surface area contributed by atoms with Crippen molar-refractivity contribution in [1.82, 2.24) is 5.32 Å². The molecule has 2 fully saturated rings. The molecule has 0 bridgehead atoms. The van der Waals surface area contributed by atoms with Crippen molar-refractivity contribution < 1.29 is 0 Å². The van der Waals surface area contributed by atoms with Crippen molar-refractivity contribution in [2.24, 2.45) is 11.8 Å². The molecule has 17 heavy (non-hydrogen) atoms. The molecule has 0 spiro atoms. The largest absolute Gasteiger partial charge is 0.311 e. The normalized spacial score (nSPS) is 34.2. The highest BCUT2D eigenvalue weighted by molar-refractivity contribution is 4.82. The minimum atomic E-state index is 0.753. The molecule has 0 heterocycles. The van der Waals surface area contributed by atoms with Crippen molar-refractivity contribution in [3.63, 3.8) is 0 Å². The van der Waals surface area contributed by atoms with Crippen LogP contribution >= 0.6 is 0 Å². The lowest BCUT2D eigenvalue weighted by atomic mass is 9.85. The molecule has 0 aromatic heterocycles. The molecule has 2 aliphatic carbocycles. The summed E-state index contributed by atoms with van der Waals surface area (Å²) < 4.78 is 0. The third kappa shape index (κ3) is 4.28. The molecule has 0 aromatic carbocycles. The minimum absolute atomic E-state index is 0.753. The molecule has 1 nitrogen and oxygen atoms in total. The van der Waals surface area contributed by atoms with E-state index in [1.54, 1.807) is 0 Å². The first-order valence-corrected chi connectivity index (χ1v) is 8.01. The summed E-state index contributed by atoms with van der Waals surface area (Å²) in [5, 5.41) is 3.95. The summed E-state index contributed by atoms with van der Waals surface area (Å²) in [7, 11) is 0. The van der Waals surface area contributed by atoms with Crippen molar-refractivity contribution in [3.8, 4) is 0 Å². The van der Waals surface area contributed by atoms with E-state index in [2.05, 4.69) is 19.2 Å². The highest BCUT2D eigenvalue weighted by Crippen LogP contribution is 2.28. The van der Waals surface area contributed by atoms with E-state index in [1.807, 2.05) is 0 Å². The van der Waals surface area contributed by atoms with Gasteiger partial charge in [-0.05, 0) is 44.4 Å². The van der Waals surface area contributed by atoms with Crippen LogP contribution in [0.25, 0.3) is 0 Å². The molecule has 2 saturated carbocycles. The number of hydrogen-bond acceptors (Lipinski definition) is 1. The van der Waals surface area contributed by atoms with E-state index < -0.39 is 0 Å². The van der Waals surface area contributed by atoms with Crippen LogP contribution in [0.2, 0.25) is 0 Å². The molecule has 1 heteroatoms. The topological polar surface area (TPSA) is 12.0 Å². The molecule has 0 saturated heterocycles. The Morgan fingerprint density at radius 1 is 0.882 bits per heavy atom. The fourth-order valence-electron chi connectivity index (χ4n) is 3.90. The number of rotatable bonds is 3. The van der Waals surface area contributed by atoms with Gasteiger partial charge >= 0.3 is 0 Å². The van der Waals surface area contributed by atoms with Crippen molar-refractivity contribution in [1.29, 1.82) is 0 Å². The van der Waals surface area contributed by atoms with Crippen LogP contribution in [-0.4, -0.2) is 12.1 Å². The SMILES string of the molecule is CC1CCCC(N[C@@H](C)C2CCCCCC2)C1. The Morgan fingerprint density at radius 2 is 1.59 bits per heavy atom. The monoisotopic (exact) mass is 237 g/mol. The Labute approximate surface area is 108 Å². The Bertz CT molecular complexity index is 206. The summed E-state index contributed by atoms with van der Waals surface area (Å²) in [5.41, 5.74) is 0. The van der Waals surface area contributed by atoms with E-state index in [0.29, 0.717) is 0 Å². The van der Waals surface area contributed by atoms with Gasteiger partial charge in [0.1, 0.15) is 0 Å². The Morgan fingerprint density at radius 3 is 2.24 bits per heavy atom. The average Bonchev–Trinajstić information content (AvgIpc) is 2.57. The van der Waals surface area contributed by atoms with Gasteiger partial charge in [-0.25, -0.2) is 0 Å². The third-order valence-corrected chi connectivity index (χ3v) is 5.04. The summed E-state index contributed by atoms with van der Waals surface area (Å²) in [4.78, 5) is 0. The molecule has 2 unspecified atom stereocenters. The second kappa shape index (κ2) is 6.78. The molecular weight excluding hydrogens is 206 g/mol. The first-order valence-electron chi connectivity index (χ1n) is 8.01. The van der Waals surface area contributed by atoms with E-state index in [-0.39, 0.29) is 0 Å². The molecule has 0 aromatic rings. The summed E-state index contributed by atoms with van der Waals surface area (Å²) in [6, 6.07) is 1.57. The zero-order valence-corrected chi connectivity index (χ0v) is 11.9. The van der Waals surface area contributed by atoms with Crippen LogP contribution in [0.15, 0.2) is 0 Å². The highest BCUT2D eigenvalue weighted by atomic mass is 15.0. The van der Waals surface area contributed by atoms with Crippen LogP contribution in [0.4, 0.5) is 0 Å². The molecule has 1 N–H and O–H groups in total. The number of hydrogen-bond donors (Lipinski definition) is 1. The van der Waals surface area contributed by atoms with E-state index in [1.165, 1.54) is 64.2 Å². The second-order valence-corrected chi connectivity index (χ2v) is 6.68.